The van der Waals surface area contributed by atoms with Crippen molar-refractivity contribution in [3.63, 3.8) is 0 Å². The number of nitrogens with one attached hydrogen (secondary N) is 1. The number of imidazole rings is 1. The zero-order valence-corrected chi connectivity index (χ0v) is 15.3. The van der Waals surface area contributed by atoms with Crippen LogP contribution in [0.2, 0.25) is 0 Å². The maximum atomic E-state index is 13.3. The summed E-state index contributed by atoms with van der Waals surface area (Å²) in [5.41, 5.74) is 1.54. The lowest BCUT2D eigenvalue weighted by Crippen LogP contribution is -2.38. The Bertz CT molecular complexity index is 838. The molecule has 1 aliphatic rings. The van der Waals surface area contributed by atoms with Gasteiger partial charge in [-0.1, -0.05) is 6.07 Å². The van der Waals surface area contributed by atoms with Gasteiger partial charge in [0.25, 0.3) is 5.91 Å². The van der Waals surface area contributed by atoms with Crippen LogP contribution in [0.1, 0.15) is 47.8 Å². The first-order valence-electron chi connectivity index (χ1n) is 8.74. The quantitative estimate of drug-likeness (QED) is 0.917. The third-order valence-electron chi connectivity index (χ3n) is 4.90. The van der Waals surface area contributed by atoms with Crippen molar-refractivity contribution in [2.24, 2.45) is 0 Å². The Morgan fingerprint density at radius 1 is 1.23 bits per heavy atom. The molecule has 1 aromatic heterocycles. The van der Waals surface area contributed by atoms with Crippen molar-refractivity contribution >= 4 is 17.5 Å². The van der Waals surface area contributed by atoms with Crippen molar-refractivity contribution in [2.75, 3.05) is 18.4 Å². The van der Waals surface area contributed by atoms with Gasteiger partial charge in [-0.3, -0.25) is 9.59 Å². The number of aromatic nitrogens is 2. The van der Waals surface area contributed by atoms with Crippen molar-refractivity contribution in [1.82, 2.24) is 14.5 Å². The highest BCUT2D eigenvalue weighted by molar-refractivity contribution is 6.03. The molecule has 0 bridgehead atoms. The number of anilines is 1. The highest BCUT2D eigenvalue weighted by atomic mass is 19.1. The lowest BCUT2D eigenvalue weighted by Gasteiger charge is -2.33. The molecule has 0 saturated carbocycles. The molecule has 2 heterocycles. The molecular formula is C19H23FN4O2. The minimum atomic E-state index is -0.404. The van der Waals surface area contributed by atoms with Gasteiger partial charge < -0.3 is 14.8 Å². The van der Waals surface area contributed by atoms with E-state index in [2.05, 4.69) is 14.9 Å². The molecule has 1 fully saturated rings. The van der Waals surface area contributed by atoms with Gasteiger partial charge in [-0.25, -0.2) is 9.37 Å². The number of benzene rings is 1. The molecule has 3 rings (SSSR count). The molecule has 7 heteroatoms. The summed E-state index contributed by atoms with van der Waals surface area (Å²) in [6, 6.07) is 6.00. The number of aryl methyl sites for hydroxylation is 1. The van der Waals surface area contributed by atoms with E-state index in [0.717, 1.165) is 24.4 Å². The summed E-state index contributed by atoms with van der Waals surface area (Å²) in [4.78, 5) is 30.3. The lowest BCUT2D eigenvalue weighted by atomic mass is 10.0. The predicted molar refractivity (Wildman–Crippen MR) is 96.6 cm³/mol. The molecule has 0 aliphatic carbocycles. The molecule has 0 spiro atoms. The van der Waals surface area contributed by atoms with E-state index < -0.39 is 5.82 Å². The molecule has 1 saturated heterocycles. The van der Waals surface area contributed by atoms with Gasteiger partial charge in [0, 0.05) is 37.4 Å². The van der Waals surface area contributed by atoms with E-state index in [9.17, 15) is 14.0 Å². The molecule has 1 N–H and O–H groups in total. The summed E-state index contributed by atoms with van der Waals surface area (Å²) in [5.74, 6) is 0.112. The lowest BCUT2D eigenvalue weighted by molar-refractivity contribution is -0.130. The number of piperidine rings is 1. The van der Waals surface area contributed by atoms with Crippen LogP contribution in [-0.2, 0) is 4.79 Å². The molecule has 26 heavy (non-hydrogen) atoms. The third-order valence-corrected chi connectivity index (χ3v) is 4.90. The van der Waals surface area contributed by atoms with Crippen LogP contribution in [0.25, 0.3) is 0 Å². The van der Waals surface area contributed by atoms with Crippen LogP contribution in [-0.4, -0.2) is 39.4 Å². The van der Waals surface area contributed by atoms with Crippen LogP contribution in [0.15, 0.2) is 24.3 Å². The largest absolute Gasteiger partial charge is 0.343 e. The average molecular weight is 358 g/mol. The van der Waals surface area contributed by atoms with Crippen LogP contribution < -0.4 is 5.32 Å². The Morgan fingerprint density at radius 3 is 2.54 bits per heavy atom. The van der Waals surface area contributed by atoms with E-state index in [4.69, 9.17) is 0 Å². The fourth-order valence-corrected chi connectivity index (χ4v) is 3.60. The molecule has 2 amide bonds. The fourth-order valence-electron chi connectivity index (χ4n) is 3.60. The second kappa shape index (κ2) is 7.27. The molecule has 6 nitrogen and oxygen atoms in total. The number of hydrogen-bond acceptors (Lipinski definition) is 3. The fraction of sp³-hybridized carbons (Fsp3) is 0.421. The van der Waals surface area contributed by atoms with E-state index in [0.29, 0.717) is 24.5 Å². The SMILES string of the molecule is CC(=O)N1CCC(n2c(C)nc(C(=O)Nc3cccc(F)c3)c2C)CC1. The molecule has 0 radical (unpaired) electrons. The molecular weight excluding hydrogens is 335 g/mol. The van der Waals surface area contributed by atoms with E-state index in [1.54, 1.807) is 19.1 Å². The maximum absolute atomic E-state index is 13.3. The molecule has 138 valence electrons. The number of hydrogen-bond donors (Lipinski definition) is 1. The Morgan fingerprint density at radius 2 is 1.92 bits per heavy atom. The van der Waals surface area contributed by atoms with Crippen LogP contribution in [0, 0.1) is 19.7 Å². The zero-order chi connectivity index (χ0) is 18.8. The van der Waals surface area contributed by atoms with Crippen LogP contribution in [0.3, 0.4) is 0 Å². The van der Waals surface area contributed by atoms with E-state index >= 15 is 0 Å². The Labute approximate surface area is 152 Å². The molecule has 0 unspecified atom stereocenters. The summed E-state index contributed by atoms with van der Waals surface area (Å²) in [6.07, 6.45) is 1.67. The van der Waals surface area contributed by atoms with Crippen molar-refractivity contribution in [2.45, 2.75) is 39.7 Å². The summed E-state index contributed by atoms with van der Waals surface area (Å²) in [7, 11) is 0. The summed E-state index contributed by atoms with van der Waals surface area (Å²) in [6.45, 7) is 6.76. The second-order valence-electron chi connectivity index (χ2n) is 6.66. The predicted octanol–water partition coefficient (Wildman–Crippen LogP) is 3.07. The molecule has 1 aliphatic heterocycles. The first kappa shape index (κ1) is 18.1. The number of amides is 2. The summed E-state index contributed by atoms with van der Waals surface area (Å²) >= 11 is 0. The minimum Gasteiger partial charge on any atom is -0.343 e. The zero-order valence-electron chi connectivity index (χ0n) is 15.3. The molecule has 1 aromatic carbocycles. The van der Waals surface area contributed by atoms with Gasteiger partial charge in [-0.2, -0.15) is 0 Å². The van der Waals surface area contributed by atoms with Gasteiger partial charge in [0.1, 0.15) is 17.3 Å². The van der Waals surface area contributed by atoms with Crippen molar-refractivity contribution < 1.29 is 14.0 Å². The number of halogens is 1. The highest BCUT2D eigenvalue weighted by Crippen LogP contribution is 2.27. The monoisotopic (exact) mass is 358 g/mol. The number of rotatable bonds is 3. The van der Waals surface area contributed by atoms with E-state index in [1.807, 2.05) is 18.7 Å². The second-order valence-corrected chi connectivity index (χ2v) is 6.66. The van der Waals surface area contributed by atoms with Gasteiger partial charge in [-0.05, 0) is 44.9 Å². The average Bonchev–Trinajstić information content (AvgIpc) is 2.89. The normalized spacial score (nSPS) is 15.2. The Hall–Kier alpha value is -2.70. The van der Waals surface area contributed by atoms with E-state index in [1.165, 1.54) is 12.1 Å². The molecule has 2 aromatic rings. The van der Waals surface area contributed by atoms with Crippen molar-refractivity contribution in [3.05, 3.63) is 47.3 Å². The topological polar surface area (TPSA) is 67.2 Å². The van der Waals surface area contributed by atoms with E-state index in [-0.39, 0.29) is 17.9 Å². The number of carbonyl (C=O) groups is 2. The van der Waals surface area contributed by atoms with Crippen LogP contribution in [0.4, 0.5) is 10.1 Å². The van der Waals surface area contributed by atoms with Gasteiger partial charge in [0.2, 0.25) is 5.91 Å². The highest BCUT2D eigenvalue weighted by Gasteiger charge is 2.27. The number of likely N-dealkylation sites (tertiary alicyclic amines) is 1. The smallest absolute Gasteiger partial charge is 0.276 e. The summed E-state index contributed by atoms with van der Waals surface area (Å²) in [5, 5.41) is 2.70. The Balaban J connectivity index is 1.78. The van der Waals surface area contributed by atoms with Crippen LogP contribution >= 0.6 is 0 Å². The van der Waals surface area contributed by atoms with Gasteiger partial charge >= 0.3 is 0 Å². The van der Waals surface area contributed by atoms with Gasteiger partial charge in [0.15, 0.2) is 0 Å². The first-order valence-corrected chi connectivity index (χ1v) is 8.74. The minimum absolute atomic E-state index is 0.0951. The van der Waals surface area contributed by atoms with Gasteiger partial charge in [-0.15, -0.1) is 0 Å². The Kier molecular flexibility index (Phi) is 5.06. The standard InChI is InChI=1S/C19H23FN4O2/c1-12-18(19(26)22-16-6-4-5-15(20)11-16)21-13(2)24(12)17-7-9-23(10-8-17)14(3)25/h4-6,11,17H,7-10H2,1-3H3,(H,22,26). The summed E-state index contributed by atoms with van der Waals surface area (Å²) < 4.78 is 15.4. The van der Waals surface area contributed by atoms with Crippen molar-refractivity contribution in [1.29, 1.82) is 0 Å². The van der Waals surface area contributed by atoms with Gasteiger partial charge in [0.05, 0.1) is 0 Å². The van der Waals surface area contributed by atoms with Crippen molar-refractivity contribution in [3.8, 4) is 0 Å². The third kappa shape index (κ3) is 3.61. The van der Waals surface area contributed by atoms with Crippen LogP contribution in [0.5, 0.6) is 0 Å². The molecule has 0 atom stereocenters. The first-order chi connectivity index (χ1) is 12.4. The number of nitrogens with zero attached hydrogens (tertiary/aromatic N) is 3. The maximum Gasteiger partial charge on any atom is 0.276 e. The number of carbonyl (C=O) groups excluding carboxylic acids is 2.